The van der Waals surface area contributed by atoms with Gasteiger partial charge < -0.3 is 25.4 Å². The van der Waals surface area contributed by atoms with E-state index >= 15 is 0 Å². The van der Waals surface area contributed by atoms with E-state index in [0.29, 0.717) is 39.1 Å². The van der Waals surface area contributed by atoms with Gasteiger partial charge in [0, 0.05) is 38.8 Å². The molecule has 1 saturated heterocycles. The molecule has 0 aromatic heterocycles. The molecule has 0 bridgehead atoms. The van der Waals surface area contributed by atoms with E-state index in [1.54, 1.807) is 4.90 Å². The summed E-state index contributed by atoms with van der Waals surface area (Å²) in [5.74, 6) is -0.273. The summed E-state index contributed by atoms with van der Waals surface area (Å²) in [6.45, 7) is 2.88. The van der Waals surface area contributed by atoms with Crippen LogP contribution >= 0.6 is 0 Å². The molecule has 0 spiro atoms. The van der Waals surface area contributed by atoms with Crippen molar-refractivity contribution in [3.8, 4) is 6.07 Å². The van der Waals surface area contributed by atoms with E-state index in [0.717, 1.165) is 13.0 Å². The standard InChI is InChI=1S/C15H24N4O4/c16-11-13(12-17-5-9-23-10-8-20)15(22)18-4-2-7-19-6-1-3-14(19)21/h12,17,20H,1-10H2,(H,18,22)/b13-12-. The van der Waals surface area contributed by atoms with Gasteiger partial charge in [0.15, 0.2) is 0 Å². The van der Waals surface area contributed by atoms with Crippen LogP contribution < -0.4 is 10.6 Å². The summed E-state index contributed by atoms with van der Waals surface area (Å²) in [6.07, 6.45) is 3.53. The minimum absolute atomic E-state index is 0.00981. The number of hydrogen-bond acceptors (Lipinski definition) is 6. The number of aliphatic hydroxyl groups is 1. The van der Waals surface area contributed by atoms with Gasteiger partial charge in [-0.1, -0.05) is 0 Å². The van der Waals surface area contributed by atoms with Gasteiger partial charge in [-0.15, -0.1) is 0 Å². The molecule has 0 saturated carbocycles. The maximum atomic E-state index is 11.8. The lowest BCUT2D eigenvalue weighted by molar-refractivity contribution is -0.127. The normalized spacial score (nSPS) is 14.7. The number of nitriles is 1. The predicted molar refractivity (Wildman–Crippen MR) is 83.0 cm³/mol. The monoisotopic (exact) mass is 324 g/mol. The van der Waals surface area contributed by atoms with Gasteiger partial charge in [0.2, 0.25) is 5.91 Å². The Morgan fingerprint density at radius 3 is 2.91 bits per heavy atom. The fourth-order valence-electron chi connectivity index (χ4n) is 2.13. The second kappa shape index (κ2) is 11.5. The summed E-state index contributed by atoms with van der Waals surface area (Å²) >= 11 is 0. The molecule has 0 aromatic rings. The van der Waals surface area contributed by atoms with E-state index < -0.39 is 5.91 Å². The van der Waals surface area contributed by atoms with Crippen LogP contribution in [-0.2, 0) is 14.3 Å². The van der Waals surface area contributed by atoms with Gasteiger partial charge in [0.05, 0.1) is 19.8 Å². The Bertz CT molecular complexity index is 459. The highest BCUT2D eigenvalue weighted by molar-refractivity contribution is 5.97. The number of hydrogen-bond donors (Lipinski definition) is 3. The van der Waals surface area contributed by atoms with Gasteiger partial charge in [-0.3, -0.25) is 9.59 Å². The van der Waals surface area contributed by atoms with Gasteiger partial charge >= 0.3 is 0 Å². The lowest BCUT2D eigenvalue weighted by Crippen LogP contribution is -2.31. The molecule has 2 amide bonds. The maximum absolute atomic E-state index is 11.8. The number of nitrogens with zero attached hydrogens (tertiary/aromatic N) is 2. The number of likely N-dealkylation sites (tertiary alicyclic amines) is 1. The maximum Gasteiger partial charge on any atom is 0.263 e. The van der Waals surface area contributed by atoms with Crippen molar-refractivity contribution in [1.29, 1.82) is 5.26 Å². The summed E-state index contributed by atoms with van der Waals surface area (Å²) in [5.41, 5.74) is -0.00981. The fourth-order valence-corrected chi connectivity index (χ4v) is 2.13. The summed E-state index contributed by atoms with van der Waals surface area (Å²) in [7, 11) is 0. The fraction of sp³-hybridized carbons (Fsp3) is 0.667. The van der Waals surface area contributed by atoms with Crippen LogP contribution in [0.1, 0.15) is 19.3 Å². The minimum Gasteiger partial charge on any atom is -0.394 e. The van der Waals surface area contributed by atoms with Crippen LogP contribution in [0, 0.1) is 11.3 Å². The van der Waals surface area contributed by atoms with Gasteiger partial charge in [0.1, 0.15) is 11.6 Å². The Morgan fingerprint density at radius 1 is 1.43 bits per heavy atom. The molecule has 1 aliphatic heterocycles. The summed E-state index contributed by atoms with van der Waals surface area (Å²) in [5, 5.41) is 23.0. The lowest BCUT2D eigenvalue weighted by Gasteiger charge is -2.15. The van der Waals surface area contributed by atoms with Crippen LogP contribution in [0.25, 0.3) is 0 Å². The molecule has 1 fully saturated rings. The average Bonchev–Trinajstić information content (AvgIpc) is 2.96. The smallest absolute Gasteiger partial charge is 0.263 e. The minimum atomic E-state index is -0.441. The second-order valence-corrected chi connectivity index (χ2v) is 5.05. The van der Waals surface area contributed by atoms with Gasteiger partial charge in [-0.2, -0.15) is 5.26 Å². The Balaban J connectivity index is 2.17. The van der Waals surface area contributed by atoms with Crippen LogP contribution in [0.2, 0.25) is 0 Å². The Labute approximate surface area is 136 Å². The van der Waals surface area contributed by atoms with Crippen LogP contribution in [0.15, 0.2) is 11.8 Å². The molecule has 8 heteroatoms. The first-order valence-electron chi connectivity index (χ1n) is 7.77. The molecule has 3 N–H and O–H groups in total. The first-order valence-corrected chi connectivity index (χ1v) is 7.77. The van der Waals surface area contributed by atoms with Crippen molar-refractivity contribution < 1.29 is 19.4 Å². The topological polar surface area (TPSA) is 115 Å². The van der Waals surface area contributed by atoms with Crippen molar-refractivity contribution in [2.24, 2.45) is 0 Å². The molecule has 0 aromatic carbocycles. The molecule has 1 heterocycles. The molecule has 0 radical (unpaired) electrons. The SMILES string of the molecule is N#C/C(=C/NCCOCCO)C(=O)NCCCN1CCCC1=O. The van der Waals surface area contributed by atoms with E-state index in [-0.39, 0.29) is 24.7 Å². The van der Waals surface area contributed by atoms with Gasteiger partial charge in [0.25, 0.3) is 5.91 Å². The number of ether oxygens (including phenoxy) is 1. The highest BCUT2D eigenvalue weighted by atomic mass is 16.5. The Morgan fingerprint density at radius 2 is 2.26 bits per heavy atom. The summed E-state index contributed by atoms with van der Waals surface area (Å²) in [4.78, 5) is 25.0. The van der Waals surface area contributed by atoms with Gasteiger partial charge in [-0.25, -0.2) is 0 Å². The van der Waals surface area contributed by atoms with Crippen molar-refractivity contribution >= 4 is 11.8 Å². The molecule has 1 rings (SSSR count). The summed E-state index contributed by atoms with van der Waals surface area (Å²) in [6, 6.07) is 1.83. The van der Waals surface area contributed by atoms with Crippen molar-refractivity contribution in [3.63, 3.8) is 0 Å². The third-order valence-electron chi connectivity index (χ3n) is 3.30. The quantitative estimate of drug-likeness (QED) is 0.258. The predicted octanol–water partition coefficient (Wildman–Crippen LogP) is -0.879. The zero-order valence-corrected chi connectivity index (χ0v) is 13.2. The van der Waals surface area contributed by atoms with E-state index in [2.05, 4.69) is 10.6 Å². The third kappa shape index (κ3) is 7.63. The van der Waals surface area contributed by atoms with Crippen LogP contribution in [0.5, 0.6) is 0 Å². The number of amides is 2. The van der Waals surface area contributed by atoms with Gasteiger partial charge in [-0.05, 0) is 12.8 Å². The zero-order chi connectivity index (χ0) is 16.9. The second-order valence-electron chi connectivity index (χ2n) is 5.05. The lowest BCUT2D eigenvalue weighted by atomic mass is 10.3. The molecule has 0 unspecified atom stereocenters. The first kappa shape index (κ1) is 18.9. The first-order chi connectivity index (χ1) is 11.2. The highest BCUT2D eigenvalue weighted by Gasteiger charge is 2.19. The number of carbonyl (C=O) groups excluding carboxylic acids is 2. The van der Waals surface area contributed by atoms with Crippen LogP contribution in [0.4, 0.5) is 0 Å². The van der Waals surface area contributed by atoms with E-state index in [1.807, 2.05) is 6.07 Å². The van der Waals surface area contributed by atoms with Crippen molar-refractivity contribution in [1.82, 2.24) is 15.5 Å². The molecule has 1 aliphatic rings. The number of aliphatic hydroxyl groups excluding tert-OH is 1. The third-order valence-corrected chi connectivity index (χ3v) is 3.30. The van der Waals surface area contributed by atoms with Crippen molar-refractivity contribution in [2.75, 3.05) is 46.0 Å². The molecule has 0 aliphatic carbocycles. The molecular formula is C15H24N4O4. The largest absolute Gasteiger partial charge is 0.394 e. The molecule has 128 valence electrons. The molecule has 0 atom stereocenters. The zero-order valence-electron chi connectivity index (χ0n) is 13.2. The number of carbonyl (C=O) groups is 2. The highest BCUT2D eigenvalue weighted by Crippen LogP contribution is 2.09. The molecule has 8 nitrogen and oxygen atoms in total. The molecular weight excluding hydrogens is 300 g/mol. The average molecular weight is 324 g/mol. The number of rotatable bonds is 11. The Kier molecular flexibility index (Phi) is 9.43. The Hall–Kier alpha value is -2.11. The summed E-state index contributed by atoms with van der Waals surface area (Å²) < 4.78 is 5.04. The van der Waals surface area contributed by atoms with Crippen LogP contribution in [0.3, 0.4) is 0 Å². The van der Waals surface area contributed by atoms with E-state index in [9.17, 15) is 9.59 Å². The van der Waals surface area contributed by atoms with E-state index in [1.165, 1.54) is 6.20 Å². The number of nitrogens with one attached hydrogen (secondary N) is 2. The van der Waals surface area contributed by atoms with E-state index in [4.69, 9.17) is 15.1 Å². The van der Waals surface area contributed by atoms with Crippen LogP contribution in [-0.4, -0.2) is 67.8 Å². The van der Waals surface area contributed by atoms with Crippen molar-refractivity contribution in [2.45, 2.75) is 19.3 Å². The molecule has 23 heavy (non-hydrogen) atoms. The van der Waals surface area contributed by atoms with Crippen molar-refractivity contribution in [3.05, 3.63) is 11.8 Å².